The van der Waals surface area contributed by atoms with Gasteiger partial charge in [0.25, 0.3) is 5.91 Å². The van der Waals surface area contributed by atoms with Gasteiger partial charge in [0, 0.05) is 35.3 Å². The summed E-state index contributed by atoms with van der Waals surface area (Å²) >= 11 is 0. The molecule has 3 aromatic rings. The molecule has 0 radical (unpaired) electrons. The maximum absolute atomic E-state index is 13.2. The van der Waals surface area contributed by atoms with E-state index in [4.69, 9.17) is 5.11 Å². The molecule has 0 saturated heterocycles. The van der Waals surface area contributed by atoms with Crippen LogP contribution in [0, 0.1) is 12.7 Å². The number of halogens is 1. The van der Waals surface area contributed by atoms with Crippen LogP contribution in [0.5, 0.6) is 0 Å². The van der Waals surface area contributed by atoms with Crippen LogP contribution in [0.4, 0.5) is 10.1 Å². The number of carboxylic acid groups (broad SMARTS) is 1. The minimum atomic E-state index is -3.62. The Morgan fingerprint density at radius 2 is 1.79 bits per heavy atom. The van der Waals surface area contributed by atoms with Crippen molar-refractivity contribution >= 4 is 39.1 Å². The van der Waals surface area contributed by atoms with Gasteiger partial charge in [0.15, 0.2) is 9.84 Å². The van der Waals surface area contributed by atoms with Crippen molar-refractivity contribution in [3.05, 3.63) is 70.8 Å². The van der Waals surface area contributed by atoms with Gasteiger partial charge in [0.1, 0.15) is 5.82 Å². The van der Waals surface area contributed by atoms with E-state index in [0.717, 1.165) is 17.4 Å². The third-order valence-electron chi connectivity index (χ3n) is 5.49. The van der Waals surface area contributed by atoms with Crippen LogP contribution in [0.3, 0.4) is 0 Å². The molecule has 1 amide bonds. The highest BCUT2D eigenvalue weighted by Gasteiger charge is 2.27. The van der Waals surface area contributed by atoms with E-state index in [9.17, 15) is 22.4 Å². The Morgan fingerprint density at radius 3 is 2.42 bits per heavy atom. The van der Waals surface area contributed by atoms with E-state index in [0.29, 0.717) is 33.8 Å². The summed E-state index contributed by atoms with van der Waals surface area (Å²) < 4.78 is 37.9. The normalized spacial score (nSPS) is 14.4. The fourth-order valence-electron chi connectivity index (χ4n) is 4.09. The zero-order valence-corrected chi connectivity index (χ0v) is 18.7. The molecule has 0 unspecified atom stereocenters. The number of sulfone groups is 1. The molecule has 33 heavy (non-hydrogen) atoms. The minimum absolute atomic E-state index is 0.000823. The van der Waals surface area contributed by atoms with Crippen LogP contribution < -0.4 is 5.32 Å². The van der Waals surface area contributed by atoms with Crippen molar-refractivity contribution in [3.63, 3.8) is 0 Å². The maximum Gasteiger partial charge on any atom is 0.303 e. The zero-order valence-electron chi connectivity index (χ0n) is 17.9. The molecule has 1 aromatic heterocycles. The van der Waals surface area contributed by atoms with Gasteiger partial charge in [-0.25, -0.2) is 12.8 Å². The predicted molar refractivity (Wildman–Crippen MR) is 123 cm³/mol. The van der Waals surface area contributed by atoms with E-state index in [-0.39, 0.29) is 29.5 Å². The molecule has 3 N–H and O–H groups in total. The van der Waals surface area contributed by atoms with Crippen LogP contribution in [0.15, 0.2) is 47.4 Å². The van der Waals surface area contributed by atoms with Crippen LogP contribution in [-0.4, -0.2) is 36.6 Å². The van der Waals surface area contributed by atoms with E-state index in [1.807, 2.05) is 6.07 Å². The first kappa shape index (κ1) is 22.5. The highest BCUT2D eigenvalue weighted by Crippen LogP contribution is 2.37. The van der Waals surface area contributed by atoms with E-state index in [1.165, 1.54) is 12.1 Å². The van der Waals surface area contributed by atoms with E-state index >= 15 is 0 Å². The van der Waals surface area contributed by atoms with Gasteiger partial charge < -0.3 is 15.4 Å². The molecule has 1 aliphatic heterocycles. The van der Waals surface area contributed by atoms with Crippen LogP contribution in [0.2, 0.25) is 0 Å². The molecule has 0 aliphatic carbocycles. The zero-order chi connectivity index (χ0) is 23.9. The molecule has 0 spiro atoms. The average molecular weight is 469 g/mol. The number of aromatic amines is 1. The standard InChI is InChI=1S/C24H21FN2O5S/c1-13-23(33(2,31)32)18(9-10-22(28)29)21(26-13)12-19-17-8-5-15(11-20(17)27-24(19)30)14-3-6-16(25)7-4-14/h3-8,11-12,26H,9-10H2,1-2H3,(H,27,30)(H,28,29)/b19-12-. The molecule has 2 heterocycles. The highest BCUT2D eigenvalue weighted by molar-refractivity contribution is 7.90. The number of H-pyrrole nitrogens is 1. The van der Waals surface area contributed by atoms with Crippen LogP contribution in [-0.2, 0) is 25.8 Å². The molecule has 0 saturated carbocycles. The van der Waals surface area contributed by atoms with Crippen molar-refractivity contribution < 1.29 is 27.5 Å². The number of hydrogen-bond donors (Lipinski definition) is 3. The largest absolute Gasteiger partial charge is 0.481 e. The number of rotatable bonds is 6. The van der Waals surface area contributed by atoms with Gasteiger partial charge in [0.05, 0.1) is 10.5 Å². The number of fused-ring (bicyclic) bond motifs is 1. The second-order valence-electron chi connectivity index (χ2n) is 7.92. The molecular formula is C24H21FN2O5S. The van der Waals surface area contributed by atoms with Crippen LogP contribution in [0.1, 0.15) is 28.9 Å². The van der Waals surface area contributed by atoms with Gasteiger partial charge in [-0.1, -0.05) is 24.3 Å². The van der Waals surface area contributed by atoms with Gasteiger partial charge >= 0.3 is 5.97 Å². The number of nitrogens with one attached hydrogen (secondary N) is 2. The molecule has 1 aliphatic rings. The lowest BCUT2D eigenvalue weighted by molar-refractivity contribution is -0.137. The van der Waals surface area contributed by atoms with Gasteiger partial charge in [-0.05, 0) is 54.3 Å². The van der Waals surface area contributed by atoms with Crippen molar-refractivity contribution in [1.29, 1.82) is 0 Å². The summed E-state index contributed by atoms with van der Waals surface area (Å²) in [6.45, 7) is 1.60. The minimum Gasteiger partial charge on any atom is -0.481 e. The first-order valence-corrected chi connectivity index (χ1v) is 12.0. The monoisotopic (exact) mass is 468 g/mol. The Bertz CT molecular complexity index is 1420. The number of carboxylic acids is 1. The summed E-state index contributed by atoms with van der Waals surface area (Å²) in [4.78, 5) is 26.9. The first-order chi connectivity index (χ1) is 15.5. The Morgan fingerprint density at radius 1 is 1.12 bits per heavy atom. The molecule has 0 atom stereocenters. The van der Waals surface area contributed by atoms with E-state index in [2.05, 4.69) is 10.3 Å². The Balaban J connectivity index is 1.79. The number of carbonyl (C=O) groups excluding carboxylic acids is 1. The summed E-state index contributed by atoms with van der Waals surface area (Å²) in [6, 6.07) is 11.4. The fourth-order valence-corrected chi connectivity index (χ4v) is 5.36. The number of aliphatic carboxylic acids is 1. The number of anilines is 1. The molecule has 9 heteroatoms. The quantitative estimate of drug-likeness (QED) is 0.472. The predicted octanol–water partition coefficient (Wildman–Crippen LogP) is 4.04. The number of hydrogen-bond acceptors (Lipinski definition) is 4. The first-order valence-electron chi connectivity index (χ1n) is 10.1. The average Bonchev–Trinajstić information content (AvgIpc) is 3.22. The summed E-state index contributed by atoms with van der Waals surface area (Å²) in [6.07, 6.45) is 2.37. The second kappa shape index (κ2) is 8.32. The number of benzene rings is 2. The van der Waals surface area contributed by atoms with Crippen LogP contribution in [0.25, 0.3) is 22.8 Å². The van der Waals surface area contributed by atoms with Crippen molar-refractivity contribution in [2.24, 2.45) is 0 Å². The van der Waals surface area contributed by atoms with E-state index < -0.39 is 15.8 Å². The Kier molecular flexibility index (Phi) is 5.67. The van der Waals surface area contributed by atoms with Crippen molar-refractivity contribution in [2.45, 2.75) is 24.7 Å². The van der Waals surface area contributed by atoms with Crippen molar-refractivity contribution in [1.82, 2.24) is 4.98 Å². The number of aromatic nitrogens is 1. The van der Waals surface area contributed by atoms with Gasteiger partial charge in [-0.3, -0.25) is 9.59 Å². The third-order valence-corrected chi connectivity index (χ3v) is 6.78. The van der Waals surface area contributed by atoms with Gasteiger partial charge in [-0.15, -0.1) is 0 Å². The second-order valence-corrected chi connectivity index (χ2v) is 9.87. The molecule has 170 valence electrons. The fraction of sp³-hybridized carbons (Fsp3) is 0.167. The summed E-state index contributed by atoms with van der Waals surface area (Å²) in [7, 11) is -3.62. The number of amides is 1. The lowest BCUT2D eigenvalue weighted by atomic mass is 9.99. The molecule has 2 aromatic carbocycles. The lowest BCUT2D eigenvalue weighted by Gasteiger charge is -2.06. The molecule has 0 fully saturated rings. The van der Waals surface area contributed by atoms with E-state index in [1.54, 1.807) is 37.3 Å². The van der Waals surface area contributed by atoms with Gasteiger partial charge in [-0.2, -0.15) is 0 Å². The Hall–Kier alpha value is -3.72. The molecular weight excluding hydrogens is 447 g/mol. The van der Waals surface area contributed by atoms with Crippen molar-refractivity contribution in [3.8, 4) is 11.1 Å². The third kappa shape index (κ3) is 4.45. The summed E-state index contributed by atoms with van der Waals surface area (Å²) in [5.74, 6) is -1.75. The number of aryl methyl sites for hydroxylation is 1. The van der Waals surface area contributed by atoms with Crippen LogP contribution >= 0.6 is 0 Å². The summed E-state index contributed by atoms with van der Waals surface area (Å²) in [5.41, 5.74) is 4.23. The smallest absolute Gasteiger partial charge is 0.303 e. The lowest BCUT2D eigenvalue weighted by Crippen LogP contribution is -2.06. The van der Waals surface area contributed by atoms with Crippen molar-refractivity contribution in [2.75, 3.05) is 11.6 Å². The molecule has 0 bridgehead atoms. The SMILES string of the molecule is Cc1[nH]c(/C=C2\C(=O)Nc3cc(-c4ccc(F)cc4)ccc32)c(CCC(=O)O)c1S(C)(=O)=O. The molecule has 7 nitrogen and oxygen atoms in total. The highest BCUT2D eigenvalue weighted by atomic mass is 32.2. The van der Waals surface area contributed by atoms with Gasteiger partial charge in [0.2, 0.25) is 0 Å². The summed E-state index contributed by atoms with van der Waals surface area (Å²) in [5, 5.41) is 11.9. The maximum atomic E-state index is 13.2. The Labute approximate surface area is 189 Å². The number of carbonyl (C=O) groups is 2. The topological polar surface area (TPSA) is 116 Å². The molecule has 4 rings (SSSR count).